The van der Waals surface area contributed by atoms with Crippen molar-refractivity contribution in [3.8, 4) is 0 Å². The van der Waals surface area contributed by atoms with Crippen LogP contribution in [0.25, 0.3) is 0 Å². The number of hydrogen-bond acceptors (Lipinski definition) is 4. The third-order valence-electron chi connectivity index (χ3n) is 4.93. The molecule has 0 radical (unpaired) electrons. The molecular weight excluding hydrogens is 314 g/mol. The summed E-state index contributed by atoms with van der Waals surface area (Å²) in [5.41, 5.74) is 0.769. The van der Waals surface area contributed by atoms with Gasteiger partial charge in [-0.3, -0.25) is 4.79 Å². The first-order valence-corrected chi connectivity index (χ1v) is 8.38. The Hall–Kier alpha value is -1.14. The van der Waals surface area contributed by atoms with E-state index in [9.17, 15) is 4.79 Å². The van der Waals surface area contributed by atoms with E-state index in [1.54, 1.807) is 7.11 Å². The molecule has 0 unspecified atom stereocenters. The molecule has 0 bridgehead atoms. The minimum absolute atomic E-state index is 0.0557. The molecule has 1 aromatic rings. The predicted molar refractivity (Wildman–Crippen MR) is 90.7 cm³/mol. The van der Waals surface area contributed by atoms with Crippen LogP contribution in [0, 0.1) is 5.41 Å². The molecule has 6 heteroatoms. The average molecular weight is 338 g/mol. The highest BCUT2D eigenvalue weighted by molar-refractivity contribution is 6.30. The number of methoxy groups -OCH3 is 1. The molecule has 5 nitrogen and oxygen atoms in total. The fourth-order valence-corrected chi connectivity index (χ4v) is 3.57. The van der Waals surface area contributed by atoms with Gasteiger partial charge >= 0.3 is 0 Å². The largest absolute Gasteiger partial charge is 0.378 e. The lowest BCUT2D eigenvalue weighted by molar-refractivity contribution is -0.135. The summed E-state index contributed by atoms with van der Waals surface area (Å²) in [5, 5.41) is 7.18. The van der Waals surface area contributed by atoms with Crippen molar-refractivity contribution in [2.45, 2.75) is 18.6 Å². The van der Waals surface area contributed by atoms with E-state index in [0.29, 0.717) is 13.1 Å². The molecule has 2 saturated heterocycles. The fourth-order valence-electron chi connectivity index (χ4n) is 3.45. The molecular formula is C17H24ClN3O2. The monoisotopic (exact) mass is 337 g/mol. The molecule has 1 amide bonds. The number of rotatable bonds is 5. The fraction of sp³-hybridized carbons (Fsp3) is 0.588. The quantitative estimate of drug-likeness (QED) is 0.839. The highest BCUT2D eigenvalue weighted by Gasteiger charge is 2.46. The van der Waals surface area contributed by atoms with Gasteiger partial charge in [-0.2, -0.15) is 0 Å². The third kappa shape index (κ3) is 3.53. The number of nitrogens with zero attached hydrogens (tertiary/aromatic N) is 1. The van der Waals surface area contributed by atoms with Crippen LogP contribution in [0.5, 0.6) is 0 Å². The van der Waals surface area contributed by atoms with Gasteiger partial charge in [0.05, 0.1) is 17.6 Å². The summed E-state index contributed by atoms with van der Waals surface area (Å²) < 4.78 is 5.50. The summed E-state index contributed by atoms with van der Waals surface area (Å²) in [7, 11) is 3.75. The van der Waals surface area contributed by atoms with Crippen LogP contribution in [0.3, 0.4) is 0 Å². The van der Waals surface area contributed by atoms with E-state index >= 15 is 0 Å². The van der Waals surface area contributed by atoms with Crippen molar-refractivity contribution in [1.29, 1.82) is 0 Å². The molecule has 0 saturated carbocycles. The summed E-state index contributed by atoms with van der Waals surface area (Å²) >= 11 is 5.94. The molecule has 0 aromatic heterocycles. The lowest BCUT2D eigenvalue weighted by atomic mass is 9.75. The van der Waals surface area contributed by atoms with Gasteiger partial charge in [0.25, 0.3) is 0 Å². The number of carbonyl (C=O) groups is 1. The van der Waals surface area contributed by atoms with Crippen molar-refractivity contribution < 1.29 is 9.53 Å². The van der Waals surface area contributed by atoms with Crippen LogP contribution in [-0.2, 0) is 16.0 Å². The molecule has 2 aliphatic rings. The van der Waals surface area contributed by atoms with E-state index in [1.165, 1.54) is 0 Å². The maximum Gasteiger partial charge on any atom is 0.229 e. The number of halogens is 1. The Kier molecular flexibility index (Phi) is 4.92. The van der Waals surface area contributed by atoms with Crippen LogP contribution in [0.15, 0.2) is 24.3 Å². The van der Waals surface area contributed by atoms with Crippen LogP contribution < -0.4 is 10.6 Å². The lowest BCUT2D eigenvalue weighted by Crippen LogP contribution is -2.64. The van der Waals surface area contributed by atoms with Crippen molar-refractivity contribution in [2.75, 3.05) is 40.3 Å². The SMILES string of the molecule is CO[C@H]1CN(C)C[C@@H]1NC(=O)C1(Cc2ccc(Cl)cc2)CNC1. The average Bonchev–Trinajstić information content (AvgIpc) is 2.84. The van der Waals surface area contributed by atoms with Gasteiger partial charge < -0.3 is 20.3 Å². The Morgan fingerprint density at radius 3 is 2.65 bits per heavy atom. The standard InChI is InChI=1S/C17H24ClN3O2/c1-21-8-14(15(9-21)23-2)20-16(22)17(10-19-11-17)7-12-3-5-13(18)6-4-12/h3-6,14-15,19H,7-11H2,1-2H3,(H,20,22)/t14-,15-/m0/s1. The first-order valence-electron chi connectivity index (χ1n) is 8.00. The summed E-state index contributed by atoms with van der Waals surface area (Å²) in [6, 6.07) is 7.80. The maximum absolute atomic E-state index is 12.9. The van der Waals surface area contributed by atoms with E-state index in [-0.39, 0.29) is 23.5 Å². The number of nitrogens with one attached hydrogen (secondary N) is 2. The second-order valence-corrected chi connectivity index (χ2v) is 7.20. The minimum atomic E-state index is -0.368. The number of carbonyl (C=O) groups excluding carboxylic acids is 1. The Balaban J connectivity index is 1.67. The van der Waals surface area contributed by atoms with Gasteiger partial charge in [0.1, 0.15) is 0 Å². The van der Waals surface area contributed by atoms with Crippen molar-refractivity contribution in [3.05, 3.63) is 34.9 Å². The molecule has 3 rings (SSSR count). The molecule has 126 valence electrons. The van der Waals surface area contributed by atoms with Crippen LogP contribution >= 0.6 is 11.6 Å². The molecule has 2 aliphatic heterocycles. The molecule has 2 heterocycles. The van der Waals surface area contributed by atoms with Crippen molar-refractivity contribution in [3.63, 3.8) is 0 Å². The van der Waals surface area contributed by atoms with Gasteiger partial charge in [-0.05, 0) is 31.2 Å². The number of likely N-dealkylation sites (tertiary alicyclic amines) is 1. The molecule has 2 atom stereocenters. The number of amides is 1. The maximum atomic E-state index is 12.9. The van der Waals surface area contributed by atoms with E-state index in [1.807, 2.05) is 31.3 Å². The van der Waals surface area contributed by atoms with Crippen LogP contribution in [0.4, 0.5) is 0 Å². The first kappa shape index (κ1) is 16.7. The highest BCUT2D eigenvalue weighted by atomic mass is 35.5. The number of ether oxygens (including phenoxy) is 1. The molecule has 0 aliphatic carbocycles. The zero-order valence-electron chi connectivity index (χ0n) is 13.6. The third-order valence-corrected chi connectivity index (χ3v) is 5.18. The minimum Gasteiger partial charge on any atom is -0.378 e. The Morgan fingerprint density at radius 2 is 2.09 bits per heavy atom. The van der Waals surface area contributed by atoms with E-state index < -0.39 is 0 Å². The summed E-state index contributed by atoms with van der Waals surface area (Å²) in [5.74, 6) is 0.119. The smallest absolute Gasteiger partial charge is 0.229 e. The highest BCUT2D eigenvalue weighted by Crippen LogP contribution is 2.29. The van der Waals surface area contributed by atoms with Gasteiger partial charge in [-0.25, -0.2) is 0 Å². The van der Waals surface area contributed by atoms with Gasteiger partial charge in [-0.15, -0.1) is 0 Å². The van der Waals surface area contributed by atoms with Crippen molar-refractivity contribution in [1.82, 2.24) is 15.5 Å². The van der Waals surface area contributed by atoms with E-state index in [4.69, 9.17) is 16.3 Å². The summed E-state index contributed by atoms with van der Waals surface area (Å²) in [6.45, 7) is 3.10. The molecule has 1 aromatic carbocycles. The molecule has 2 N–H and O–H groups in total. The van der Waals surface area contributed by atoms with Gasteiger partial charge in [-0.1, -0.05) is 23.7 Å². The Morgan fingerprint density at radius 1 is 1.39 bits per heavy atom. The predicted octanol–water partition coefficient (Wildman–Crippen LogP) is 0.917. The van der Waals surface area contributed by atoms with Gasteiger partial charge in [0.15, 0.2) is 0 Å². The van der Waals surface area contributed by atoms with Crippen LogP contribution in [0.2, 0.25) is 5.02 Å². The Bertz CT molecular complexity index is 559. The van der Waals surface area contributed by atoms with Gasteiger partial charge in [0.2, 0.25) is 5.91 Å². The Labute approximate surface area is 142 Å². The first-order chi connectivity index (χ1) is 11.0. The zero-order valence-corrected chi connectivity index (χ0v) is 14.4. The van der Waals surface area contributed by atoms with Gasteiger partial charge in [0, 0.05) is 38.3 Å². The topological polar surface area (TPSA) is 53.6 Å². The zero-order chi connectivity index (χ0) is 16.4. The van der Waals surface area contributed by atoms with E-state index in [2.05, 4.69) is 15.5 Å². The number of benzene rings is 1. The van der Waals surface area contributed by atoms with Crippen LogP contribution in [0.1, 0.15) is 5.56 Å². The lowest BCUT2D eigenvalue weighted by Gasteiger charge is -2.42. The second kappa shape index (κ2) is 6.77. The summed E-state index contributed by atoms with van der Waals surface area (Å²) in [4.78, 5) is 15.1. The van der Waals surface area contributed by atoms with Crippen LogP contribution in [-0.4, -0.2) is 63.3 Å². The normalized spacial score (nSPS) is 26.7. The van der Waals surface area contributed by atoms with Crippen molar-refractivity contribution >= 4 is 17.5 Å². The molecule has 23 heavy (non-hydrogen) atoms. The number of hydrogen-bond donors (Lipinski definition) is 2. The van der Waals surface area contributed by atoms with Crippen molar-refractivity contribution in [2.24, 2.45) is 5.41 Å². The summed E-state index contributed by atoms with van der Waals surface area (Å²) in [6.07, 6.45) is 0.785. The molecule has 0 spiro atoms. The number of likely N-dealkylation sites (N-methyl/N-ethyl adjacent to an activating group) is 1. The molecule has 2 fully saturated rings. The second-order valence-electron chi connectivity index (χ2n) is 6.76. The van der Waals surface area contributed by atoms with E-state index in [0.717, 1.165) is 30.1 Å².